The van der Waals surface area contributed by atoms with Gasteiger partial charge < -0.3 is 20.6 Å². The SMILES string of the molecule is Cc1cc(Cl)cnc1NCCCNc1cc(=O)c(Cc2ccc(=O)[nH]c2C)c[nH]1. The highest BCUT2D eigenvalue weighted by Gasteiger charge is 2.06. The summed E-state index contributed by atoms with van der Waals surface area (Å²) in [5.74, 6) is 1.50. The third-order valence-corrected chi connectivity index (χ3v) is 4.82. The molecule has 0 aliphatic rings. The lowest BCUT2D eigenvalue weighted by molar-refractivity contribution is 0.895. The van der Waals surface area contributed by atoms with Gasteiger partial charge in [-0.25, -0.2) is 4.98 Å². The molecule has 3 aromatic rings. The second-order valence-electron chi connectivity index (χ2n) is 6.91. The summed E-state index contributed by atoms with van der Waals surface area (Å²) < 4.78 is 0. The monoisotopic (exact) mass is 413 g/mol. The van der Waals surface area contributed by atoms with Crippen LogP contribution in [-0.4, -0.2) is 28.0 Å². The molecular formula is C21H24ClN5O2. The van der Waals surface area contributed by atoms with E-state index in [1.807, 2.05) is 19.9 Å². The zero-order valence-corrected chi connectivity index (χ0v) is 17.2. The predicted octanol–water partition coefficient (Wildman–Crippen LogP) is 3.23. The zero-order valence-electron chi connectivity index (χ0n) is 16.4. The number of aryl methyl sites for hydroxylation is 2. The van der Waals surface area contributed by atoms with Gasteiger partial charge in [0.1, 0.15) is 11.6 Å². The van der Waals surface area contributed by atoms with E-state index in [9.17, 15) is 9.59 Å². The van der Waals surface area contributed by atoms with Crippen molar-refractivity contribution < 1.29 is 0 Å². The van der Waals surface area contributed by atoms with Gasteiger partial charge in [0.2, 0.25) is 5.56 Å². The Morgan fingerprint density at radius 2 is 1.86 bits per heavy atom. The topological polar surface area (TPSA) is 103 Å². The van der Waals surface area contributed by atoms with Crippen molar-refractivity contribution >= 4 is 23.2 Å². The van der Waals surface area contributed by atoms with E-state index < -0.39 is 0 Å². The van der Waals surface area contributed by atoms with Crippen LogP contribution < -0.4 is 21.6 Å². The van der Waals surface area contributed by atoms with E-state index in [-0.39, 0.29) is 11.0 Å². The summed E-state index contributed by atoms with van der Waals surface area (Å²) >= 11 is 5.91. The second kappa shape index (κ2) is 9.43. The van der Waals surface area contributed by atoms with Crippen LogP contribution in [0.25, 0.3) is 0 Å². The molecule has 0 unspecified atom stereocenters. The summed E-state index contributed by atoms with van der Waals surface area (Å²) in [6.45, 7) is 5.24. The predicted molar refractivity (Wildman–Crippen MR) is 117 cm³/mol. The Bertz CT molecular complexity index is 1110. The Labute approximate surface area is 173 Å². The van der Waals surface area contributed by atoms with Gasteiger partial charge in [-0.2, -0.15) is 0 Å². The lowest BCUT2D eigenvalue weighted by Crippen LogP contribution is -2.15. The highest BCUT2D eigenvalue weighted by atomic mass is 35.5. The van der Waals surface area contributed by atoms with Crippen molar-refractivity contribution in [3.8, 4) is 0 Å². The third-order valence-electron chi connectivity index (χ3n) is 4.61. The van der Waals surface area contributed by atoms with E-state index in [1.165, 1.54) is 6.07 Å². The Morgan fingerprint density at radius 3 is 2.59 bits per heavy atom. The number of H-pyrrole nitrogens is 2. The average molecular weight is 414 g/mol. The first-order valence-electron chi connectivity index (χ1n) is 9.42. The van der Waals surface area contributed by atoms with Crippen LogP contribution in [0, 0.1) is 13.8 Å². The Kier molecular flexibility index (Phi) is 6.72. The molecule has 0 radical (unpaired) electrons. The van der Waals surface area contributed by atoms with Gasteiger partial charge in [0.15, 0.2) is 5.43 Å². The number of nitrogens with one attached hydrogen (secondary N) is 4. The van der Waals surface area contributed by atoms with Crippen LogP contribution >= 0.6 is 11.6 Å². The van der Waals surface area contributed by atoms with Crippen molar-refractivity contribution in [2.45, 2.75) is 26.7 Å². The highest BCUT2D eigenvalue weighted by Crippen LogP contribution is 2.16. The van der Waals surface area contributed by atoms with E-state index in [1.54, 1.807) is 24.5 Å². The van der Waals surface area contributed by atoms with E-state index in [4.69, 9.17) is 11.6 Å². The number of hydrogen-bond acceptors (Lipinski definition) is 5. The fraction of sp³-hybridized carbons (Fsp3) is 0.286. The summed E-state index contributed by atoms with van der Waals surface area (Å²) in [7, 11) is 0. The quantitative estimate of drug-likeness (QED) is 0.424. The average Bonchev–Trinajstić information content (AvgIpc) is 2.67. The third kappa shape index (κ3) is 5.71. The molecule has 0 fully saturated rings. The maximum absolute atomic E-state index is 12.4. The number of rotatable bonds is 8. The fourth-order valence-corrected chi connectivity index (χ4v) is 3.20. The minimum Gasteiger partial charge on any atom is -0.371 e. The number of aromatic nitrogens is 3. The van der Waals surface area contributed by atoms with E-state index in [0.717, 1.165) is 35.6 Å². The Balaban J connectivity index is 1.50. The van der Waals surface area contributed by atoms with E-state index in [2.05, 4.69) is 25.6 Å². The van der Waals surface area contributed by atoms with Gasteiger partial charge in [0.25, 0.3) is 0 Å². The first kappa shape index (κ1) is 20.7. The minimum absolute atomic E-state index is 0.0454. The largest absolute Gasteiger partial charge is 0.371 e. The fourth-order valence-electron chi connectivity index (χ4n) is 2.99. The summed E-state index contributed by atoms with van der Waals surface area (Å²) in [4.78, 5) is 33.9. The molecule has 3 rings (SSSR count). The second-order valence-corrected chi connectivity index (χ2v) is 7.35. The molecule has 29 heavy (non-hydrogen) atoms. The normalized spacial score (nSPS) is 10.7. The molecule has 0 saturated heterocycles. The minimum atomic E-state index is -0.142. The number of nitrogens with zero attached hydrogens (tertiary/aromatic N) is 1. The van der Waals surface area contributed by atoms with Crippen LogP contribution in [0.15, 0.2) is 46.2 Å². The van der Waals surface area contributed by atoms with Crippen molar-refractivity contribution in [1.29, 1.82) is 0 Å². The molecule has 0 spiro atoms. The molecule has 0 atom stereocenters. The molecule has 152 valence electrons. The summed E-state index contributed by atoms with van der Waals surface area (Å²) in [6, 6.07) is 6.66. The lowest BCUT2D eigenvalue weighted by Gasteiger charge is -2.10. The molecule has 0 amide bonds. The molecule has 7 nitrogen and oxygen atoms in total. The van der Waals surface area contributed by atoms with Crippen molar-refractivity contribution in [2.24, 2.45) is 0 Å². The van der Waals surface area contributed by atoms with Crippen LogP contribution in [0.2, 0.25) is 5.02 Å². The maximum Gasteiger partial charge on any atom is 0.248 e. The van der Waals surface area contributed by atoms with Crippen molar-refractivity contribution in [3.63, 3.8) is 0 Å². The molecule has 0 aliphatic heterocycles. The van der Waals surface area contributed by atoms with Gasteiger partial charge in [-0.1, -0.05) is 17.7 Å². The van der Waals surface area contributed by atoms with Gasteiger partial charge in [-0.15, -0.1) is 0 Å². The maximum atomic E-state index is 12.4. The summed E-state index contributed by atoms with van der Waals surface area (Å²) in [5, 5.41) is 7.12. The molecule has 0 bridgehead atoms. The van der Waals surface area contributed by atoms with Crippen LogP contribution in [0.1, 0.15) is 28.8 Å². The van der Waals surface area contributed by atoms with Gasteiger partial charge >= 0.3 is 0 Å². The molecule has 0 aliphatic carbocycles. The summed E-state index contributed by atoms with van der Waals surface area (Å²) in [5.41, 5.74) is 3.16. The van der Waals surface area contributed by atoms with Gasteiger partial charge in [0.05, 0.1) is 5.02 Å². The van der Waals surface area contributed by atoms with Crippen molar-refractivity contribution in [2.75, 3.05) is 23.7 Å². The summed E-state index contributed by atoms with van der Waals surface area (Å²) in [6.07, 6.45) is 4.66. The number of anilines is 2. The van der Waals surface area contributed by atoms with E-state index in [0.29, 0.717) is 29.4 Å². The number of hydrogen-bond donors (Lipinski definition) is 4. The standard InChI is InChI=1S/C21H24ClN5O2/c1-13-8-17(22)12-26-21(13)24-7-3-6-23-19-10-18(28)16(11-25-19)9-15-4-5-20(29)27-14(15)2/h4-5,8,10-12H,3,6-7,9H2,1-2H3,(H,24,26)(H,27,29)(H2,23,25,28). The molecule has 0 aromatic carbocycles. The molecule has 4 N–H and O–H groups in total. The Hall–Kier alpha value is -3.06. The lowest BCUT2D eigenvalue weighted by atomic mass is 10.1. The molecule has 0 saturated carbocycles. The van der Waals surface area contributed by atoms with Crippen LogP contribution in [0.4, 0.5) is 11.6 Å². The smallest absolute Gasteiger partial charge is 0.248 e. The molecular weight excluding hydrogens is 390 g/mol. The van der Waals surface area contributed by atoms with E-state index >= 15 is 0 Å². The van der Waals surface area contributed by atoms with Gasteiger partial charge in [-0.3, -0.25) is 9.59 Å². The van der Waals surface area contributed by atoms with Crippen LogP contribution in [0.5, 0.6) is 0 Å². The van der Waals surface area contributed by atoms with Gasteiger partial charge in [-0.05, 0) is 37.5 Å². The van der Waals surface area contributed by atoms with Crippen LogP contribution in [-0.2, 0) is 6.42 Å². The first-order valence-corrected chi connectivity index (χ1v) is 9.80. The van der Waals surface area contributed by atoms with Gasteiger partial charge in [0, 0.05) is 55.3 Å². The highest BCUT2D eigenvalue weighted by molar-refractivity contribution is 6.30. The van der Waals surface area contributed by atoms with Crippen molar-refractivity contribution in [1.82, 2.24) is 15.0 Å². The number of halogens is 1. The number of pyridine rings is 3. The molecule has 3 aromatic heterocycles. The van der Waals surface area contributed by atoms with Crippen LogP contribution in [0.3, 0.4) is 0 Å². The van der Waals surface area contributed by atoms with Crippen molar-refractivity contribution in [3.05, 3.63) is 84.6 Å². The first-order chi connectivity index (χ1) is 13.9. The number of aromatic amines is 2. The Morgan fingerprint density at radius 1 is 1.07 bits per heavy atom. The molecule has 3 heterocycles. The zero-order chi connectivity index (χ0) is 20.8. The molecule has 8 heteroatoms.